The van der Waals surface area contributed by atoms with E-state index in [0.717, 1.165) is 0 Å². The van der Waals surface area contributed by atoms with Crippen molar-refractivity contribution in [3.63, 3.8) is 0 Å². The molecule has 1 aliphatic rings. The van der Waals surface area contributed by atoms with E-state index in [-0.39, 0.29) is 11.4 Å². The van der Waals surface area contributed by atoms with Gasteiger partial charge in [0.2, 0.25) is 0 Å². The van der Waals surface area contributed by atoms with Gasteiger partial charge in [0.05, 0.1) is 0 Å². The van der Waals surface area contributed by atoms with E-state index in [2.05, 4.69) is 15.9 Å². The quantitative estimate of drug-likeness (QED) is 0.603. The largest absolute Gasteiger partial charge is 0.480 e. The predicted molar refractivity (Wildman–Crippen MR) is 78.2 cm³/mol. The minimum absolute atomic E-state index is 0.144. The minimum atomic E-state index is -1.08. The van der Waals surface area contributed by atoms with Gasteiger partial charge in [-0.05, 0) is 32.8 Å². The van der Waals surface area contributed by atoms with Crippen molar-refractivity contribution in [2.75, 3.05) is 0 Å². The van der Waals surface area contributed by atoms with Crippen molar-refractivity contribution in [2.24, 2.45) is 5.73 Å². The zero-order chi connectivity index (χ0) is 15.5. The summed E-state index contributed by atoms with van der Waals surface area (Å²) in [5.41, 5.74) is 5.54. The molecule has 2 atom stereocenters. The molecule has 1 unspecified atom stereocenters. The van der Waals surface area contributed by atoms with Crippen LogP contribution in [-0.4, -0.2) is 38.7 Å². The topological polar surface area (TPSA) is 92.9 Å². The van der Waals surface area contributed by atoms with Gasteiger partial charge in [-0.2, -0.15) is 0 Å². The molecule has 0 saturated carbocycles. The van der Waals surface area contributed by atoms with Gasteiger partial charge in [-0.25, -0.2) is 4.79 Å². The van der Waals surface area contributed by atoms with Gasteiger partial charge >= 0.3 is 12.1 Å². The number of aliphatic carboxylic acids is 1. The van der Waals surface area contributed by atoms with Crippen LogP contribution in [0.1, 0.15) is 27.2 Å². The molecular formula is C13H19BrN2O4. The number of nitrogens with zero attached hydrogens (tertiary/aromatic N) is 1. The van der Waals surface area contributed by atoms with Crippen LogP contribution in [0.3, 0.4) is 0 Å². The van der Waals surface area contributed by atoms with Crippen molar-refractivity contribution >= 4 is 28.0 Å². The van der Waals surface area contributed by atoms with Crippen molar-refractivity contribution in [2.45, 2.75) is 43.8 Å². The number of alkyl halides is 1. The third-order valence-corrected chi connectivity index (χ3v) is 3.16. The molecule has 1 heterocycles. The Bertz CT molecular complexity index is 454. The summed E-state index contributed by atoms with van der Waals surface area (Å²) in [7, 11) is 0. The summed E-state index contributed by atoms with van der Waals surface area (Å²) < 4.78 is 5.28. The maximum atomic E-state index is 12.0. The first-order chi connectivity index (χ1) is 9.10. The second-order valence-corrected chi connectivity index (χ2v) is 6.41. The zero-order valence-electron chi connectivity index (χ0n) is 11.7. The van der Waals surface area contributed by atoms with E-state index in [9.17, 15) is 9.59 Å². The first kappa shape index (κ1) is 16.7. The number of carboxylic acids is 1. The number of nitrogens with two attached hydrogens (primary N) is 1. The number of hydrogen-bond donors (Lipinski definition) is 2. The number of carbonyl (C=O) groups excluding carboxylic acids is 1. The summed E-state index contributed by atoms with van der Waals surface area (Å²) in [6.07, 6.45) is 4.66. The maximum Gasteiger partial charge on any atom is 0.415 e. The highest BCUT2D eigenvalue weighted by Crippen LogP contribution is 2.23. The van der Waals surface area contributed by atoms with Gasteiger partial charge in [-0.1, -0.05) is 28.1 Å². The molecule has 6 nitrogen and oxygen atoms in total. The monoisotopic (exact) mass is 346 g/mol. The molecule has 0 bridgehead atoms. The van der Waals surface area contributed by atoms with E-state index in [0.29, 0.717) is 5.57 Å². The summed E-state index contributed by atoms with van der Waals surface area (Å²) in [6, 6.07) is -1.00. The van der Waals surface area contributed by atoms with E-state index in [4.69, 9.17) is 15.6 Å². The third-order valence-electron chi connectivity index (χ3n) is 2.42. The SMILES string of the molecule is CC(C)(C)OC(=O)N1C=C(CC(N)C(=O)O)C=C[C@@H]1Br. The molecule has 0 radical (unpaired) electrons. The third kappa shape index (κ3) is 4.97. The van der Waals surface area contributed by atoms with Crippen LogP contribution >= 0.6 is 15.9 Å². The van der Waals surface area contributed by atoms with E-state index in [1.54, 1.807) is 39.1 Å². The van der Waals surface area contributed by atoms with Gasteiger partial charge in [0, 0.05) is 6.20 Å². The van der Waals surface area contributed by atoms with Crippen LogP contribution in [0.15, 0.2) is 23.9 Å². The average Bonchev–Trinajstić information content (AvgIpc) is 2.29. The summed E-state index contributed by atoms with van der Waals surface area (Å²) in [6.45, 7) is 5.33. The number of allylic oxidation sites excluding steroid dienone is 1. The fourth-order valence-corrected chi connectivity index (χ4v) is 1.96. The van der Waals surface area contributed by atoms with Gasteiger partial charge in [0.25, 0.3) is 0 Å². The zero-order valence-corrected chi connectivity index (χ0v) is 13.3. The number of carbonyl (C=O) groups is 2. The molecule has 1 amide bonds. The van der Waals surface area contributed by atoms with Gasteiger partial charge in [-0.3, -0.25) is 9.69 Å². The van der Waals surface area contributed by atoms with Crippen molar-refractivity contribution in [3.8, 4) is 0 Å². The van der Waals surface area contributed by atoms with Crippen molar-refractivity contribution in [3.05, 3.63) is 23.9 Å². The molecule has 0 saturated heterocycles. The molecule has 0 aliphatic carbocycles. The molecule has 20 heavy (non-hydrogen) atoms. The van der Waals surface area contributed by atoms with Crippen LogP contribution < -0.4 is 5.73 Å². The smallest absolute Gasteiger partial charge is 0.415 e. The Hall–Kier alpha value is -1.34. The van der Waals surface area contributed by atoms with E-state index in [1.807, 2.05) is 0 Å². The molecule has 0 fully saturated rings. The van der Waals surface area contributed by atoms with Crippen molar-refractivity contribution < 1.29 is 19.4 Å². The molecule has 3 N–H and O–H groups in total. The molecular weight excluding hydrogens is 328 g/mol. The Labute approximate surface area is 126 Å². The number of amides is 1. The molecule has 1 aliphatic heterocycles. The molecule has 7 heteroatoms. The lowest BCUT2D eigenvalue weighted by Gasteiger charge is -2.29. The summed E-state index contributed by atoms with van der Waals surface area (Å²) in [5.74, 6) is -1.08. The van der Waals surface area contributed by atoms with Crippen LogP contribution in [0.4, 0.5) is 4.79 Å². The molecule has 0 aromatic carbocycles. The van der Waals surface area contributed by atoms with E-state index >= 15 is 0 Å². The highest BCUT2D eigenvalue weighted by molar-refractivity contribution is 9.09. The lowest BCUT2D eigenvalue weighted by atomic mass is 10.1. The number of carboxylic acid groups (broad SMARTS) is 1. The van der Waals surface area contributed by atoms with Gasteiger partial charge in [0.1, 0.15) is 16.6 Å². The fraction of sp³-hybridized carbons (Fsp3) is 0.538. The summed E-state index contributed by atoms with van der Waals surface area (Å²) >= 11 is 3.33. The number of rotatable bonds is 3. The van der Waals surface area contributed by atoms with Crippen molar-refractivity contribution in [1.29, 1.82) is 0 Å². The standard InChI is InChI=1S/C13H19BrN2O4/c1-13(2,3)20-12(19)16-7-8(4-5-10(16)14)6-9(15)11(17)18/h4-5,7,9-10H,6,15H2,1-3H3,(H,17,18)/t9?,10-/m1/s1. The lowest BCUT2D eigenvalue weighted by molar-refractivity contribution is -0.138. The fourth-order valence-electron chi connectivity index (χ4n) is 1.52. The molecule has 1 rings (SSSR count). The Morgan fingerprint density at radius 3 is 2.65 bits per heavy atom. The van der Waals surface area contributed by atoms with Crippen LogP contribution in [0.25, 0.3) is 0 Å². The summed E-state index contributed by atoms with van der Waals surface area (Å²) in [4.78, 5) is 23.8. The second-order valence-electron chi connectivity index (χ2n) is 5.47. The minimum Gasteiger partial charge on any atom is -0.480 e. The van der Waals surface area contributed by atoms with Crippen LogP contribution in [-0.2, 0) is 9.53 Å². The Morgan fingerprint density at radius 1 is 1.55 bits per heavy atom. The predicted octanol–water partition coefficient (Wildman–Crippen LogP) is 2.20. The number of ether oxygens (including phenoxy) is 1. The highest BCUT2D eigenvalue weighted by Gasteiger charge is 2.27. The van der Waals surface area contributed by atoms with Crippen LogP contribution in [0.2, 0.25) is 0 Å². The van der Waals surface area contributed by atoms with Crippen molar-refractivity contribution in [1.82, 2.24) is 4.90 Å². The van der Waals surface area contributed by atoms with Crippen LogP contribution in [0, 0.1) is 0 Å². The highest BCUT2D eigenvalue weighted by atomic mass is 79.9. The van der Waals surface area contributed by atoms with Gasteiger partial charge in [-0.15, -0.1) is 0 Å². The molecule has 0 spiro atoms. The van der Waals surface area contributed by atoms with Crippen LogP contribution in [0.5, 0.6) is 0 Å². The van der Waals surface area contributed by atoms with Gasteiger partial charge < -0.3 is 15.6 Å². The summed E-state index contributed by atoms with van der Waals surface area (Å²) in [5, 5.41) is 8.80. The molecule has 0 aromatic heterocycles. The first-order valence-corrected chi connectivity index (χ1v) is 7.04. The Kier molecular flexibility index (Phi) is 5.35. The number of halogens is 1. The second kappa shape index (κ2) is 6.41. The maximum absolute atomic E-state index is 12.0. The normalized spacial score (nSPS) is 20.4. The molecule has 112 valence electrons. The van der Waals surface area contributed by atoms with Gasteiger partial charge in [0.15, 0.2) is 0 Å². The number of hydrogen-bond acceptors (Lipinski definition) is 4. The van der Waals surface area contributed by atoms with E-state index < -0.39 is 23.7 Å². The Morgan fingerprint density at radius 2 is 2.15 bits per heavy atom. The average molecular weight is 347 g/mol. The first-order valence-electron chi connectivity index (χ1n) is 6.13. The van der Waals surface area contributed by atoms with E-state index in [1.165, 1.54) is 4.90 Å². The molecule has 0 aromatic rings. The lowest BCUT2D eigenvalue weighted by Crippen LogP contribution is -2.38. The Balaban J connectivity index is 2.80.